The van der Waals surface area contributed by atoms with Crippen molar-refractivity contribution in [2.24, 2.45) is 0 Å². The van der Waals surface area contributed by atoms with Gasteiger partial charge in [-0.3, -0.25) is 32.5 Å². The van der Waals surface area contributed by atoms with Gasteiger partial charge in [0.25, 0.3) is 0 Å². The van der Waals surface area contributed by atoms with E-state index in [1.807, 2.05) is 0 Å². The summed E-state index contributed by atoms with van der Waals surface area (Å²) in [6.45, 7) is 2.40. The SMILES string of the molecule is CC/C=C\C/C=C\C/C=C\C/C=C\CCCCCCC(=O)OCC(COP(=O)(O)OCC(O)COP(=O)(O)OCC(O)COC(=O)CCCCCCCCCCCCCCCCC/C=C\C/C=C\C/C=C\C/C=C\CCCCC)OC(=O)CCCCCCCCC/C=C\C/C=C\C/C=C\CC. The molecule has 0 rings (SSSR count). The third-order valence-electron chi connectivity index (χ3n) is 16.3. The summed E-state index contributed by atoms with van der Waals surface area (Å²) in [4.78, 5) is 58.6. The van der Waals surface area contributed by atoms with Crippen LogP contribution in [-0.2, 0) is 55.8 Å². The minimum atomic E-state index is -4.94. The zero-order chi connectivity index (χ0) is 73.7. The molecule has 0 amide bonds. The molecule has 16 nitrogen and oxygen atoms in total. The Hall–Kier alpha value is -4.31. The van der Waals surface area contributed by atoms with Crippen LogP contribution in [0.1, 0.15) is 316 Å². The van der Waals surface area contributed by atoms with Gasteiger partial charge in [0.2, 0.25) is 0 Å². The number of allylic oxidation sites excluding steroid dienone is 22. The fraction of sp³-hybridized carbons (Fsp3) is 0.699. The first kappa shape index (κ1) is 96.7. The molecule has 18 heteroatoms. The summed E-state index contributed by atoms with van der Waals surface area (Å²) in [5, 5.41) is 20.6. The van der Waals surface area contributed by atoms with Crippen molar-refractivity contribution in [3.8, 4) is 0 Å². The van der Waals surface area contributed by atoms with Crippen LogP contribution in [0.5, 0.6) is 0 Å². The number of unbranched alkanes of at least 4 members (excludes halogenated alkanes) is 29. The predicted molar refractivity (Wildman–Crippen MR) is 417 cm³/mol. The Bertz CT molecular complexity index is 2370. The number of carbonyl (C=O) groups excluding carboxylic acids is 3. The Morgan fingerprint density at radius 1 is 0.287 bits per heavy atom. The fourth-order valence-electron chi connectivity index (χ4n) is 10.4. The van der Waals surface area contributed by atoms with Crippen molar-refractivity contribution in [2.75, 3.05) is 39.6 Å². The number of hydrogen-bond donors (Lipinski definition) is 4. The topological polar surface area (TPSA) is 231 Å². The van der Waals surface area contributed by atoms with Crippen LogP contribution in [0.2, 0.25) is 0 Å². The molecule has 580 valence electrons. The standard InChI is InChI=1S/C83H142O16P2/c1-4-7-10-13-16-19-22-25-28-31-32-33-34-35-36-37-38-39-40-41-42-43-44-47-49-51-54-57-60-63-66-69-81(86)93-72-78(84)73-95-100(89,90)96-74-79(85)75-97-101(91,92)98-77-80(99-83(88)71-68-65-62-59-56-53-50-46-30-27-24-21-18-15-12-9-6-3)76-94-82(87)70-67-64-61-58-55-52-48-45-29-26-23-20-17-14-11-8-5-2/h8-9,11-12,16-21,25-30,32-33,35-36,48,52,78-80,84-85H,4-7,10,13-15,22-24,31,34,37-47,49-51,53-77H2,1-3H3,(H,89,90)(H,91,92)/b11-8-,12-9-,19-16-,20-17-,21-18-,28-25-,29-26-,30-27-,33-32-,36-35-,52-48-. The molecular weight excluding hydrogens is 1310 g/mol. The maximum Gasteiger partial charge on any atom is 0.472 e. The molecule has 5 atom stereocenters. The average molecular weight is 1460 g/mol. The van der Waals surface area contributed by atoms with Gasteiger partial charge in [-0.05, 0) is 135 Å². The van der Waals surface area contributed by atoms with E-state index in [1.54, 1.807) is 0 Å². The molecule has 0 saturated carbocycles. The van der Waals surface area contributed by atoms with Crippen LogP contribution in [0.15, 0.2) is 134 Å². The summed E-state index contributed by atoms with van der Waals surface area (Å²) in [5.41, 5.74) is 0. The highest BCUT2D eigenvalue weighted by Crippen LogP contribution is 2.45. The highest BCUT2D eigenvalue weighted by atomic mass is 31.2. The summed E-state index contributed by atoms with van der Waals surface area (Å²) in [6, 6.07) is 0. The molecule has 0 aliphatic rings. The lowest BCUT2D eigenvalue weighted by atomic mass is 10.0. The zero-order valence-corrected chi connectivity index (χ0v) is 65.1. The lowest BCUT2D eigenvalue weighted by Gasteiger charge is -2.21. The smallest absolute Gasteiger partial charge is 0.463 e. The molecule has 0 heterocycles. The Morgan fingerprint density at radius 3 is 0.832 bits per heavy atom. The van der Waals surface area contributed by atoms with Crippen LogP contribution < -0.4 is 0 Å². The van der Waals surface area contributed by atoms with Crippen LogP contribution in [0, 0.1) is 0 Å². The average Bonchev–Trinajstić information content (AvgIpc) is 1.16. The van der Waals surface area contributed by atoms with Crippen molar-refractivity contribution in [3.63, 3.8) is 0 Å². The first-order valence-electron chi connectivity index (χ1n) is 39.5. The summed E-state index contributed by atoms with van der Waals surface area (Å²) >= 11 is 0. The van der Waals surface area contributed by atoms with Crippen LogP contribution in [0.3, 0.4) is 0 Å². The number of hydrogen-bond acceptors (Lipinski definition) is 14. The van der Waals surface area contributed by atoms with Gasteiger partial charge >= 0.3 is 33.6 Å². The van der Waals surface area contributed by atoms with Crippen molar-refractivity contribution in [1.29, 1.82) is 0 Å². The Balaban J connectivity index is 4.50. The lowest BCUT2D eigenvalue weighted by molar-refractivity contribution is -0.161. The van der Waals surface area contributed by atoms with E-state index in [9.17, 15) is 43.5 Å². The van der Waals surface area contributed by atoms with Gasteiger partial charge in [0.05, 0.1) is 26.4 Å². The number of rotatable bonds is 74. The molecule has 0 aliphatic heterocycles. The number of carbonyl (C=O) groups is 3. The molecule has 0 radical (unpaired) electrons. The molecular formula is C83H142O16P2. The van der Waals surface area contributed by atoms with E-state index in [4.69, 9.17) is 32.3 Å². The number of ether oxygens (including phenoxy) is 3. The normalized spacial score (nSPS) is 14.7. The number of aliphatic hydroxyl groups excluding tert-OH is 2. The summed E-state index contributed by atoms with van der Waals surface area (Å²) in [7, 11) is -9.80. The molecule has 0 bridgehead atoms. The summed E-state index contributed by atoms with van der Waals surface area (Å²) < 4.78 is 61.1. The lowest BCUT2D eigenvalue weighted by Crippen LogP contribution is -2.30. The van der Waals surface area contributed by atoms with E-state index >= 15 is 0 Å². The molecule has 0 spiro atoms. The summed E-state index contributed by atoms with van der Waals surface area (Å²) in [6.07, 6.45) is 90.8. The van der Waals surface area contributed by atoms with Gasteiger partial charge in [-0.15, -0.1) is 0 Å². The van der Waals surface area contributed by atoms with Gasteiger partial charge in [-0.2, -0.15) is 0 Å². The molecule has 0 saturated heterocycles. The first-order valence-corrected chi connectivity index (χ1v) is 42.5. The highest BCUT2D eigenvalue weighted by molar-refractivity contribution is 7.47. The van der Waals surface area contributed by atoms with Crippen molar-refractivity contribution in [1.82, 2.24) is 0 Å². The predicted octanol–water partition coefficient (Wildman–Crippen LogP) is 23.1. The number of phosphoric acid groups is 2. The van der Waals surface area contributed by atoms with Crippen LogP contribution in [-0.4, -0.2) is 95.9 Å². The van der Waals surface area contributed by atoms with Crippen molar-refractivity contribution in [2.45, 2.75) is 334 Å². The van der Waals surface area contributed by atoms with E-state index in [0.29, 0.717) is 19.3 Å². The van der Waals surface area contributed by atoms with E-state index in [1.165, 1.54) is 103 Å². The van der Waals surface area contributed by atoms with Gasteiger partial charge in [0.15, 0.2) is 6.10 Å². The van der Waals surface area contributed by atoms with Crippen molar-refractivity contribution < 1.29 is 75.8 Å². The van der Waals surface area contributed by atoms with Crippen LogP contribution in [0.25, 0.3) is 0 Å². The number of phosphoric ester groups is 2. The van der Waals surface area contributed by atoms with Crippen molar-refractivity contribution >= 4 is 33.6 Å². The first-order chi connectivity index (χ1) is 49.2. The van der Waals surface area contributed by atoms with Gasteiger partial charge in [-0.25, -0.2) is 9.13 Å². The van der Waals surface area contributed by atoms with E-state index in [-0.39, 0.29) is 19.3 Å². The summed E-state index contributed by atoms with van der Waals surface area (Å²) in [5.74, 6) is -1.61. The van der Waals surface area contributed by atoms with Gasteiger partial charge in [-0.1, -0.05) is 296 Å². The second-order valence-electron chi connectivity index (χ2n) is 26.1. The molecule has 0 aromatic heterocycles. The third kappa shape index (κ3) is 76.6. The molecule has 101 heavy (non-hydrogen) atoms. The highest BCUT2D eigenvalue weighted by Gasteiger charge is 2.29. The van der Waals surface area contributed by atoms with Gasteiger partial charge in [0, 0.05) is 19.3 Å². The second-order valence-corrected chi connectivity index (χ2v) is 29.0. The van der Waals surface area contributed by atoms with E-state index in [0.717, 1.165) is 154 Å². The maximum absolute atomic E-state index is 13.0. The van der Waals surface area contributed by atoms with Crippen LogP contribution in [0.4, 0.5) is 0 Å². The Morgan fingerprint density at radius 2 is 0.525 bits per heavy atom. The van der Waals surface area contributed by atoms with Crippen LogP contribution >= 0.6 is 15.6 Å². The second kappa shape index (κ2) is 75.4. The van der Waals surface area contributed by atoms with E-state index < -0.39 is 91.5 Å². The molecule has 0 aromatic rings. The fourth-order valence-corrected chi connectivity index (χ4v) is 12.0. The molecule has 5 unspecified atom stereocenters. The maximum atomic E-state index is 13.0. The quantitative estimate of drug-likeness (QED) is 0.0146. The molecule has 0 aliphatic carbocycles. The Kier molecular flexibility index (Phi) is 72.2. The third-order valence-corrected chi connectivity index (χ3v) is 18.2. The molecule has 0 fully saturated rings. The number of esters is 3. The molecule has 4 N–H and O–H groups in total. The monoisotopic (exact) mass is 1460 g/mol. The van der Waals surface area contributed by atoms with Gasteiger partial charge in [0.1, 0.15) is 25.4 Å². The minimum absolute atomic E-state index is 0.0846. The van der Waals surface area contributed by atoms with E-state index in [2.05, 4.69) is 154 Å². The van der Waals surface area contributed by atoms with Crippen molar-refractivity contribution in [3.05, 3.63) is 134 Å². The molecule has 0 aromatic carbocycles. The largest absolute Gasteiger partial charge is 0.472 e. The number of aliphatic hydroxyl groups is 2. The minimum Gasteiger partial charge on any atom is -0.463 e. The van der Waals surface area contributed by atoms with Gasteiger partial charge < -0.3 is 34.2 Å². The Labute approximate surface area is 614 Å². The zero-order valence-electron chi connectivity index (χ0n) is 63.3.